The number of likely N-dealkylation sites (N-methyl/N-ethyl adjacent to an activating group) is 1. The Morgan fingerprint density at radius 2 is 1.70 bits per heavy atom. The summed E-state index contributed by atoms with van der Waals surface area (Å²) in [6.07, 6.45) is 13.2. The van der Waals surface area contributed by atoms with Crippen LogP contribution in [-0.2, 0) is 24.9 Å². The van der Waals surface area contributed by atoms with Gasteiger partial charge in [-0.05, 0) is 107 Å². The number of anilines is 1. The number of benzene rings is 2. The fraction of sp³-hybridized carbons (Fsp3) is 0.476. The summed E-state index contributed by atoms with van der Waals surface area (Å²) in [5.41, 5.74) is 9.41. The van der Waals surface area contributed by atoms with Crippen molar-refractivity contribution in [1.82, 2.24) is 4.90 Å². The Labute approximate surface area is 337 Å². The molecule has 0 spiro atoms. The molecule has 0 radical (unpaired) electrons. The molecular weight excluding hydrogens is 818 g/mol. The molecule has 0 atom stereocenters. The standard InChI is InChI=1S/C42H53Br2N3O5S/c1-10-11-23-46-34-19-17-30(43)26-32(34)41(5,6)36(46)21-15-28-13-14-29(38(28)45(9)39(48)50-40(2,3)4)16-22-37-42(7,8)33-27-31(44)18-20-35(33)47(37)24-12-25-53-52-51-49/h15-22,26-27H,10-14,23-25H2,1-9H3/p+1. The first kappa shape index (κ1) is 41.5. The van der Waals surface area contributed by atoms with E-state index in [-0.39, 0.29) is 16.9 Å². The summed E-state index contributed by atoms with van der Waals surface area (Å²) in [5, 5.41) is 12.4. The number of fused-ring (bicyclic) bond motifs is 2. The Morgan fingerprint density at radius 3 is 2.38 bits per heavy atom. The van der Waals surface area contributed by atoms with Crippen LogP contribution in [0.4, 0.5) is 16.2 Å². The van der Waals surface area contributed by atoms with Crippen molar-refractivity contribution in [2.45, 2.75) is 104 Å². The van der Waals surface area contributed by atoms with Crippen molar-refractivity contribution >= 4 is 67.1 Å². The van der Waals surface area contributed by atoms with Crippen LogP contribution in [0.1, 0.15) is 98.6 Å². The van der Waals surface area contributed by atoms with Gasteiger partial charge < -0.3 is 9.64 Å². The van der Waals surface area contributed by atoms with Gasteiger partial charge in [-0.1, -0.05) is 76.2 Å². The largest absolute Gasteiger partial charge is 0.443 e. The third-order valence-electron chi connectivity index (χ3n) is 10.3. The zero-order valence-corrected chi connectivity index (χ0v) is 36.5. The Bertz CT molecular complexity index is 1870. The highest BCUT2D eigenvalue weighted by Gasteiger charge is 2.44. The Morgan fingerprint density at radius 1 is 1.00 bits per heavy atom. The van der Waals surface area contributed by atoms with Gasteiger partial charge in [-0.2, -0.15) is 4.58 Å². The molecule has 2 aliphatic heterocycles. The highest BCUT2D eigenvalue weighted by molar-refractivity contribution is 9.10. The lowest BCUT2D eigenvalue weighted by Gasteiger charge is -2.28. The number of ether oxygens (including phenoxy) is 1. The van der Waals surface area contributed by atoms with Crippen LogP contribution < -0.4 is 4.90 Å². The third kappa shape index (κ3) is 9.08. The maximum atomic E-state index is 13.7. The highest BCUT2D eigenvalue weighted by Crippen LogP contribution is 2.49. The number of unbranched alkanes of at least 4 members (excludes halogenated alkanes) is 1. The number of hydrogen-bond donors (Lipinski definition) is 1. The molecule has 2 heterocycles. The summed E-state index contributed by atoms with van der Waals surface area (Å²) in [6, 6.07) is 13.1. The summed E-state index contributed by atoms with van der Waals surface area (Å²) in [6.45, 7) is 18.8. The highest BCUT2D eigenvalue weighted by atomic mass is 79.9. The molecule has 5 rings (SSSR count). The van der Waals surface area contributed by atoms with E-state index >= 15 is 0 Å². The Hall–Kier alpha value is -2.67. The fourth-order valence-electron chi connectivity index (χ4n) is 7.68. The van der Waals surface area contributed by atoms with Gasteiger partial charge in [-0.25, -0.2) is 10.1 Å². The molecule has 1 N–H and O–H groups in total. The summed E-state index contributed by atoms with van der Waals surface area (Å²) < 4.78 is 15.0. The van der Waals surface area contributed by atoms with Crippen molar-refractivity contribution in [1.29, 1.82) is 0 Å². The van der Waals surface area contributed by atoms with E-state index in [9.17, 15) is 4.79 Å². The fourth-order valence-corrected chi connectivity index (χ4v) is 8.76. The van der Waals surface area contributed by atoms with Gasteiger partial charge >= 0.3 is 6.09 Å². The number of hydrogen-bond acceptors (Lipinski definition) is 7. The second-order valence-corrected chi connectivity index (χ2v) is 18.5. The minimum absolute atomic E-state index is 0.194. The number of amides is 1. The van der Waals surface area contributed by atoms with Crippen LogP contribution in [0.2, 0.25) is 0 Å². The van der Waals surface area contributed by atoms with E-state index in [0.717, 1.165) is 83.0 Å². The van der Waals surface area contributed by atoms with E-state index in [0.29, 0.717) is 5.75 Å². The van der Waals surface area contributed by atoms with Gasteiger partial charge in [-0.3, -0.25) is 4.90 Å². The summed E-state index contributed by atoms with van der Waals surface area (Å²) in [7, 11) is 1.83. The molecule has 8 nitrogen and oxygen atoms in total. The van der Waals surface area contributed by atoms with Gasteiger partial charge in [0, 0.05) is 81.3 Å². The number of rotatable bonds is 13. The van der Waals surface area contributed by atoms with Crippen molar-refractivity contribution in [2.24, 2.45) is 0 Å². The smallest absolute Gasteiger partial charge is 0.414 e. The first-order chi connectivity index (χ1) is 25.0. The summed E-state index contributed by atoms with van der Waals surface area (Å²) >= 11 is 8.48. The summed E-state index contributed by atoms with van der Waals surface area (Å²) in [5.74, 6) is 0.648. The molecule has 11 heteroatoms. The van der Waals surface area contributed by atoms with E-state index in [1.54, 1.807) is 4.90 Å². The van der Waals surface area contributed by atoms with Crippen LogP contribution in [0.3, 0.4) is 0 Å². The van der Waals surface area contributed by atoms with Crippen molar-refractivity contribution in [3.8, 4) is 0 Å². The van der Waals surface area contributed by atoms with Crippen molar-refractivity contribution in [2.75, 3.05) is 30.8 Å². The van der Waals surface area contributed by atoms with E-state index < -0.39 is 5.60 Å². The number of nitrogens with zero attached hydrogens (tertiary/aromatic N) is 3. The number of allylic oxidation sites excluding steroid dienone is 7. The van der Waals surface area contributed by atoms with Crippen LogP contribution in [0, 0.1) is 0 Å². The molecule has 53 heavy (non-hydrogen) atoms. The van der Waals surface area contributed by atoms with Gasteiger partial charge in [0.05, 0.1) is 11.1 Å². The Balaban J connectivity index is 1.59. The molecule has 0 aromatic heterocycles. The quantitative estimate of drug-likeness (QED) is 0.0706. The molecule has 1 amide bonds. The van der Waals surface area contributed by atoms with Crippen molar-refractivity contribution < 1.29 is 28.7 Å². The maximum absolute atomic E-state index is 13.7. The van der Waals surface area contributed by atoms with Gasteiger partial charge in [0.15, 0.2) is 5.71 Å². The first-order valence-electron chi connectivity index (χ1n) is 18.4. The predicted molar refractivity (Wildman–Crippen MR) is 224 cm³/mol. The predicted octanol–water partition coefficient (Wildman–Crippen LogP) is 11.9. The maximum Gasteiger partial charge on any atom is 0.414 e. The van der Waals surface area contributed by atoms with Crippen LogP contribution in [-0.4, -0.2) is 58.0 Å². The second-order valence-electron chi connectivity index (χ2n) is 15.9. The zero-order valence-electron chi connectivity index (χ0n) is 32.5. The van der Waals surface area contributed by atoms with E-state index in [1.807, 2.05) is 27.8 Å². The SMILES string of the molecule is CCCCN1/C(=C/C=C2\CCC(/C=C/C3=[N+](CCCSOOO)c4ccc(Br)cc4C3(C)C)=C2N(C)C(=O)OC(C)(C)C)C(C)(C)c2cc(Br)ccc21. The number of halogens is 2. The van der Waals surface area contributed by atoms with Crippen LogP contribution in [0.5, 0.6) is 0 Å². The molecule has 2 aromatic carbocycles. The minimum atomic E-state index is -0.628. The van der Waals surface area contributed by atoms with E-state index in [1.165, 1.54) is 33.9 Å². The lowest BCUT2D eigenvalue weighted by Crippen LogP contribution is -2.34. The third-order valence-corrected chi connectivity index (χ3v) is 11.9. The van der Waals surface area contributed by atoms with Crippen LogP contribution in [0.15, 0.2) is 92.2 Å². The average molecular weight is 873 g/mol. The molecule has 286 valence electrons. The lowest BCUT2D eigenvalue weighted by atomic mass is 9.81. The Kier molecular flexibility index (Phi) is 13.3. The van der Waals surface area contributed by atoms with Crippen LogP contribution >= 0.6 is 43.9 Å². The molecular formula is C42H54Br2N3O5S+. The van der Waals surface area contributed by atoms with E-state index in [2.05, 4.69) is 146 Å². The number of carbonyl (C=O) groups excluding carboxylic acids is 1. The van der Waals surface area contributed by atoms with Crippen molar-refractivity contribution in [3.63, 3.8) is 0 Å². The van der Waals surface area contributed by atoms with Gasteiger partial charge in [0.2, 0.25) is 5.69 Å². The average Bonchev–Trinajstić information content (AvgIpc) is 3.65. The topological polar surface area (TPSA) is 74.5 Å². The summed E-state index contributed by atoms with van der Waals surface area (Å²) in [4.78, 5) is 17.8. The molecule has 0 unspecified atom stereocenters. The molecule has 0 saturated carbocycles. The van der Waals surface area contributed by atoms with E-state index in [4.69, 9.17) is 9.99 Å². The van der Waals surface area contributed by atoms with Gasteiger partial charge in [0.25, 0.3) is 0 Å². The molecule has 0 saturated heterocycles. The second kappa shape index (κ2) is 17.0. The van der Waals surface area contributed by atoms with Gasteiger partial charge in [0.1, 0.15) is 12.1 Å². The van der Waals surface area contributed by atoms with Gasteiger partial charge in [-0.15, -0.1) is 4.33 Å². The molecule has 1 aliphatic carbocycles. The number of carbonyl (C=O) groups is 1. The molecule has 2 aromatic rings. The van der Waals surface area contributed by atoms with Crippen LogP contribution in [0.25, 0.3) is 0 Å². The molecule has 0 bridgehead atoms. The normalized spacial score (nSPS) is 19.3. The minimum Gasteiger partial charge on any atom is -0.443 e. The zero-order chi connectivity index (χ0) is 38.7. The molecule has 0 fully saturated rings. The lowest BCUT2D eigenvalue weighted by molar-refractivity contribution is -0.438. The molecule has 3 aliphatic rings. The van der Waals surface area contributed by atoms with Crippen molar-refractivity contribution in [3.05, 3.63) is 103 Å². The first-order valence-corrected chi connectivity index (χ1v) is 20.9. The monoisotopic (exact) mass is 870 g/mol.